The maximum Gasteiger partial charge on any atom is 0.314 e. The summed E-state index contributed by atoms with van der Waals surface area (Å²) in [6.45, 7) is 0. The maximum atomic E-state index is 13.1. The van der Waals surface area contributed by atoms with Gasteiger partial charge >= 0.3 is 11.8 Å². The van der Waals surface area contributed by atoms with Crippen molar-refractivity contribution in [2.24, 2.45) is 10.2 Å². The molecule has 0 aliphatic carbocycles. The van der Waals surface area contributed by atoms with Crippen molar-refractivity contribution >= 4 is 66.5 Å². The maximum absolute atomic E-state index is 13.1. The van der Waals surface area contributed by atoms with E-state index in [0.29, 0.717) is 33.9 Å². The summed E-state index contributed by atoms with van der Waals surface area (Å²) in [5.41, 5.74) is 10.3. The smallest absolute Gasteiger partial charge is 0.314 e. The van der Waals surface area contributed by atoms with Gasteiger partial charge in [0.1, 0.15) is 11.4 Å². The molecule has 1 heterocycles. The van der Waals surface area contributed by atoms with Crippen molar-refractivity contribution in [1.29, 1.82) is 0 Å². The summed E-state index contributed by atoms with van der Waals surface area (Å²) in [5.74, 6) is -1.65. The molecule has 2 amide bonds. The van der Waals surface area contributed by atoms with E-state index in [1.807, 2.05) is 72.8 Å². The summed E-state index contributed by atoms with van der Waals surface area (Å²) in [4.78, 5) is 26.1. The number of hydrazine groups is 1. The number of amides is 2. The average molecular weight is 632 g/mol. The van der Waals surface area contributed by atoms with Gasteiger partial charge < -0.3 is 10.6 Å². The van der Waals surface area contributed by atoms with E-state index in [-0.39, 0.29) is 0 Å². The summed E-state index contributed by atoms with van der Waals surface area (Å²) < 4.78 is 1.55. The predicted octanol–water partition coefficient (Wildman–Crippen LogP) is 5.40. The molecule has 0 saturated heterocycles. The zero-order valence-corrected chi connectivity index (χ0v) is 22.9. The molecule has 0 spiro atoms. The van der Waals surface area contributed by atoms with E-state index >= 15 is 0 Å². The van der Waals surface area contributed by atoms with Crippen molar-refractivity contribution < 1.29 is 9.59 Å². The van der Waals surface area contributed by atoms with Crippen LogP contribution in [0.25, 0.3) is 0 Å². The Morgan fingerprint density at radius 3 is 1.32 bits per heavy atom. The second kappa shape index (κ2) is 11.4. The Labute approximate surface area is 235 Å². The van der Waals surface area contributed by atoms with Gasteiger partial charge in [-0.25, -0.2) is 11.1 Å². The fourth-order valence-corrected chi connectivity index (χ4v) is 4.64. The molecule has 0 saturated carbocycles. The third-order valence-corrected chi connectivity index (χ3v) is 6.64. The standard InChI is InChI=1S/C28H20Br2N6O2/c29-19-11-13-23-21(15-19)25(17-7-3-1-4-8-17)33-35-36-34-26(18-9-5-2-6-10-18)22-16-20(30)12-14-24(22)32-28(38)27(37)31-23/h1-16,35-36H,(H,31,37)(H,32,38)/b33-25+,34-26+. The molecule has 4 aromatic rings. The lowest BCUT2D eigenvalue weighted by molar-refractivity contribution is -0.133. The van der Waals surface area contributed by atoms with Crippen LogP contribution in [0.2, 0.25) is 0 Å². The first-order valence-corrected chi connectivity index (χ1v) is 13.1. The molecule has 1 aliphatic rings. The fraction of sp³-hybridized carbons (Fsp3) is 0. The molecule has 0 unspecified atom stereocenters. The number of anilines is 2. The Morgan fingerprint density at radius 2 is 0.921 bits per heavy atom. The molecule has 8 nitrogen and oxygen atoms in total. The normalized spacial score (nSPS) is 16.5. The van der Waals surface area contributed by atoms with Crippen molar-refractivity contribution in [1.82, 2.24) is 11.1 Å². The Kier molecular flexibility index (Phi) is 7.62. The molecule has 4 aromatic carbocycles. The van der Waals surface area contributed by atoms with Gasteiger partial charge in [0, 0.05) is 31.2 Å². The molecule has 4 N–H and O–H groups in total. The van der Waals surface area contributed by atoms with Crippen LogP contribution in [0.1, 0.15) is 22.3 Å². The number of nitrogens with zero attached hydrogens (tertiary/aromatic N) is 2. The number of benzene rings is 4. The average Bonchev–Trinajstić information content (AvgIpc) is 2.93. The quantitative estimate of drug-likeness (QED) is 0.222. The molecule has 0 aromatic heterocycles. The Morgan fingerprint density at radius 1 is 0.526 bits per heavy atom. The van der Waals surface area contributed by atoms with Crippen LogP contribution in [0.5, 0.6) is 0 Å². The van der Waals surface area contributed by atoms with Crippen molar-refractivity contribution in [3.63, 3.8) is 0 Å². The van der Waals surface area contributed by atoms with Gasteiger partial charge in [-0.3, -0.25) is 9.59 Å². The molecule has 0 atom stereocenters. The second-order valence-corrected chi connectivity index (χ2v) is 10.00. The zero-order valence-electron chi connectivity index (χ0n) is 19.7. The van der Waals surface area contributed by atoms with Crippen molar-refractivity contribution in [3.05, 3.63) is 128 Å². The summed E-state index contributed by atoms with van der Waals surface area (Å²) in [7, 11) is 0. The molecule has 0 radical (unpaired) electrons. The topological polar surface area (TPSA) is 107 Å². The zero-order chi connectivity index (χ0) is 26.5. The van der Waals surface area contributed by atoms with Crippen LogP contribution < -0.4 is 21.7 Å². The van der Waals surface area contributed by atoms with Crippen LogP contribution in [0.15, 0.2) is 116 Å². The fourth-order valence-electron chi connectivity index (χ4n) is 3.92. The summed E-state index contributed by atoms with van der Waals surface area (Å²) in [6.07, 6.45) is 0. The highest BCUT2D eigenvalue weighted by molar-refractivity contribution is 9.10. The minimum absolute atomic E-state index is 0.416. The molecule has 10 heteroatoms. The van der Waals surface area contributed by atoms with Crippen LogP contribution in [0.3, 0.4) is 0 Å². The van der Waals surface area contributed by atoms with Gasteiger partial charge in [0.2, 0.25) is 0 Å². The Hall–Kier alpha value is -4.28. The molecule has 0 fully saturated rings. The summed E-state index contributed by atoms with van der Waals surface area (Å²) in [6, 6.07) is 29.6. The van der Waals surface area contributed by atoms with E-state index in [1.165, 1.54) is 0 Å². The highest BCUT2D eigenvalue weighted by Gasteiger charge is 2.22. The first kappa shape index (κ1) is 25.4. The van der Waals surface area contributed by atoms with Crippen LogP contribution in [-0.2, 0) is 9.59 Å². The summed E-state index contributed by atoms with van der Waals surface area (Å²) >= 11 is 6.99. The van der Waals surface area contributed by atoms with Gasteiger partial charge in [-0.15, -0.1) is 0 Å². The number of nitrogens with one attached hydrogen (secondary N) is 4. The van der Waals surface area contributed by atoms with E-state index < -0.39 is 11.8 Å². The van der Waals surface area contributed by atoms with E-state index in [1.54, 1.807) is 24.3 Å². The lowest BCUT2D eigenvalue weighted by Crippen LogP contribution is -2.31. The summed E-state index contributed by atoms with van der Waals surface area (Å²) in [5, 5.41) is 14.6. The van der Waals surface area contributed by atoms with Crippen molar-refractivity contribution in [2.45, 2.75) is 0 Å². The number of hydrogen-bond acceptors (Lipinski definition) is 6. The van der Waals surface area contributed by atoms with E-state index in [9.17, 15) is 9.59 Å². The van der Waals surface area contributed by atoms with E-state index in [0.717, 1.165) is 20.1 Å². The number of fused-ring (bicyclic) bond motifs is 2. The van der Waals surface area contributed by atoms with Gasteiger partial charge in [0.15, 0.2) is 0 Å². The van der Waals surface area contributed by atoms with Crippen LogP contribution in [0.4, 0.5) is 11.4 Å². The molecule has 0 bridgehead atoms. The minimum atomic E-state index is -0.823. The van der Waals surface area contributed by atoms with Crippen LogP contribution in [-0.4, -0.2) is 23.2 Å². The van der Waals surface area contributed by atoms with Gasteiger partial charge in [0.25, 0.3) is 0 Å². The van der Waals surface area contributed by atoms with E-state index in [4.69, 9.17) is 0 Å². The van der Waals surface area contributed by atoms with Gasteiger partial charge in [0.05, 0.1) is 11.4 Å². The SMILES string of the molecule is O=C1Nc2ccc(Br)cc2/C(c2ccccc2)=N/NN/N=C(\c2ccccc2)c2cc(Br)ccc2NC1=O. The first-order valence-electron chi connectivity index (χ1n) is 11.5. The van der Waals surface area contributed by atoms with Gasteiger partial charge in [-0.1, -0.05) is 92.5 Å². The molecule has 5 rings (SSSR count). The minimum Gasteiger partial charge on any atom is -0.317 e. The number of hydrazone groups is 2. The van der Waals surface area contributed by atoms with Crippen molar-refractivity contribution in [3.8, 4) is 0 Å². The number of carbonyl (C=O) groups is 2. The number of carbonyl (C=O) groups excluding carboxylic acids is 2. The second-order valence-electron chi connectivity index (χ2n) is 8.16. The van der Waals surface area contributed by atoms with Crippen LogP contribution >= 0.6 is 31.9 Å². The van der Waals surface area contributed by atoms with Gasteiger partial charge in [-0.05, 0) is 36.4 Å². The molecular weight excluding hydrogens is 612 g/mol. The molecular formula is C28H20Br2N6O2. The lowest BCUT2D eigenvalue weighted by atomic mass is 10.0. The monoisotopic (exact) mass is 630 g/mol. The molecule has 38 heavy (non-hydrogen) atoms. The lowest BCUT2D eigenvalue weighted by Gasteiger charge is -2.17. The highest BCUT2D eigenvalue weighted by atomic mass is 79.9. The largest absolute Gasteiger partial charge is 0.317 e. The Bertz CT molecular complexity index is 1450. The van der Waals surface area contributed by atoms with Crippen LogP contribution in [0, 0.1) is 0 Å². The predicted molar refractivity (Wildman–Crippen MR) is 156 cm³/mol. The van der Waals surface area contributed by atoms with E-state index in [2.05, 4.69) is 63.8 Å². The third-order valence-electron chi connectivity index (χ3n) is 5.66. The molecule has 1 aliphatic heterocycles. The Balaban J connectivity index is 1.68. The number of rotatable bonds is 2. The third kappa shape index (κ3) is 5.66. The highest BCUT2D eigenvalue weighted by Crippen LogP contribution is 2.27. The number of halogens is 2. The first-order chi connectivity index (χ1) is 18.5. The van der Waals surface area contributed by atoms with Crippen molar-refractivity contribution in [2.75, 3.05) is 10.6 Å². The molecule has 188 valence electrons. The number of hydrogen-bond donors (Lipinski definition) is 4. The van der Waals surface area contributed by atoms with Gasteiger partial charge in [-0.2, -0.15) is 10.2 Å².